The van der Waals surface area contributed by atoms with E-state index in [9.17, 15) is 5.11 Å². The normalized spacial score (nSPS) is 28.6. The Morgan fingerprint density at radius 1 is 1.29 bits per heavy atom. The minimum atomic E-state index is -0.579. The number of pyridine rings is 1. The summed E-state index contributed by atoms with van der Waals surface area (Å²) in [5.74, 6) is 0.251. The molecule has 5 nitrogen and oxygen atoms in total. The highest BCUT2D eigenvalue weighted by atomic mass is 16.6. The second-order valence-electron chi connectivity index (χ2n) is 8.16. The average Bonchev–Trinajstić information content (AvgIpc) is 2.66. The van der Waals surface area contributed by atoms with Crippen LogP contribution in [0.3, 0.4) is 0 Å². The fourth-order valence-electron chi connectivity index (χ4n) is 3.99. The third-order valence-electron chi connectivity index (χ3n) is 5.42. The number of hydrogen-bond acceptors (Lipinski definition) is 5. The first-order chi connectivity index (χ1) is 13.4. The van der Waals surface area contributed by atoms with Crippen LogP contribution < -0.4 is 0 Å². The van der Waals surface area contributed by atoms with Gasteiger partial charge in [-0.3, -0.25) is 4.98 Å². The third-order valence-corrected chi connectivity index (χ3v) is 5.42. The summed E-state index contributed by atoms with van der Waals surface area (Å²) in [4.78, 5) is 6.52. The minimum Gasteiger partial charge on any atom is -0.389 e. The maximum atomic E-state index is 10.8. The average molecular weight is 385 g/mol. The molecule has 1 aromatic heterocycles. The van der Waals surface area contributed by atoms with E-state index in [0.717, 1.165) is 16.5 Å². The summed E-state index contributed by atoms with van der Waals surface area (Å²) >= 11 is 0. The van der Waals surface area contributed by atoms with Crippen LogP contribution in [0.5, 0.6) is 0 Å². The van der Waals surface area contributed by atoms with Crippen molar-refractivity contribution in [3.63, 3.8) is 0 Å². The van der Waals surface area contributed by atoms with E-state index in [1.54, 1.807) is 0 Å². The predicted octanol–water partition coefficient (Wildman–Crippen LogP) is 3.37. The van der Waals surface area contributed by atoms with Crippen molar-refractivity contribution in [3.05, 3.63) is 48.2 Å². The lowest BCUT2D eigenvalue weighted by Gasteiger charge is -2.47. The number of ether oxygens (including phenoxy) is 2. The molecular formula is C23H32N2O3. The number of nitrogens with zero attached hydrogens (tertiary/aromatic N) is 2. The van der Waals surface area contributed by atoms with Gasteiger partial charge in [-0.2, -0.15) is 0 Å². The molecule has 3 rings (SSSR count). The summed E-state index contributed by atoms with van der Waals surface area (Å²) in [5, 5.41) is 11.9. The molecule has 1 aromatic carbocycles. The summed E-state index contributed by atoms with van der Waals surface area (Å²) < 4.78 is 12.2. The molecule has 0 saturated carbocycles. The molecule has 0 unspecified atom stereocenters. The van der Waals surface area contributed by atoms with Crippen molar-refractivity contribution >= 4 is 17.0 Å². The van der Waals surface area contributed by atoms with Crippen LogP contribution in [0.25, 0.3) is 17.0 Å². The smallest absolute Gasteiger partial charge is 0.102 e. The number of aliphatic hydroxyl groups excluding tert-OH is 1. The number of rotatable bonds is 6. The monoisotopic (exact) mass is 384 g/mol. The summed E-state index contributed by atoms with van der Waals surface area (Å²) in [6.45, 7) is 6.64. The van der Waals surface area contributed by atoms with Crippen LogP contribution in [0.2, 0.25) is 0 Å². The molecule has 0 aliphatic carbocycles. The first kappa shape index (κ1) is 20.9. The van der Waals surface area contributed by atoms with E-state index in [-0.39, 0.29) is 30.3 Å². The van der Waals surface area contributed by atoms with Crippen molar-refractivity contribution in [1.82, 2.24) is 9.88 Å². The van der Waals surface area contributed by atoms with Gasteiger partial charge in [0.05, 0.1) is 36.5 Å². The van der Waals surface area contributed by atoms with Gasteiger partial charge < -0.3 is 19.5 Å². The molecule has 2 aromatic rings. The van der Waals surface area contributed by atoms with E-state index < -0.39 is 6.10 Å². The fourth-order valence-corrected chi connectivity index (χ4v) is 3.99. The van der Waals surface area contributed by atoms with Gasteiger partial charge in [-0.1, -0.05) is 44.2 Å². The Bertz CT molecular complexity index is 805. The quantitative estimate of drug-likeness (QED) is 0.828. The van der Waals surface area contributed by atoms with Crippen LogP contribution in [-0.4, -0.2) is 66.2 Å². The van der Waals surface area contributed by atoms with Crippen molar-refractivity contribution in [3.8, 4) is 0 Å². The van der Waals surface area contributed by atoms with E-state index in [0.29, 0.717) is 6.61 Å². The van der Waals surface area contributed by atoms with Crippen molar-refractivity contribution in [2.24, 2.45) is 5.92 Å². The summed E-state index contributed by atoms with van der Waals surface area (Å²) in [5.41, 5.74) is 2.03. The van der Waals surface area contributed by atoms with E-state index in [1.807, 2.05) is 62.5 Å². The molecule has 0 amide bonds. The zero-order chi connectivity index (χ0) is 20.3. The Balaban J connectivity index is 1.65. The van der Waals surface area contributed by atoms with Crippen LogP contribution >= 0.6 is 0 Å². The number of likely N-dealkylation sites (N-methyl/N-ethyl adjacent to an activating group) is 1. The highest BCUT2D eigenvalue weighted by Gasteiger charge is 2.45. The number of fused-ring (bicyclic) bond motifs is 1. The minimum absolute atomic E-state index is 0.0843. The molecule has 1 aliphatic heterocycles. The van der Waals surface area contributed by atoms with Gasteiger partial charge in [-0.25, -0.2) is 0 Å². The Kier molecular flexibility index (Phi) is 6.83. The van der Waals surface area contributed by atoms with Crippen molar-refractivity contribution < 1.29 is 14.6 Å². The van der Waals surface area contributed by atoms with Gasteiger partial charge in [-0.05, 0) is 44.6 Å². The summed E-state index contributed by atoms with van der Waals surface area (Å²) in [6, 6.07) is 10.1. The van der Waals surface area contributed by atoms with Crippen molar-refractivity contribution in [2.75, 3.05) is 20.7 Å². The number of para-hydroxylation sites is 1. The molecule has 5 atom stereocenters. The Morgan fingerprint density at radius 3 is 2.75 bits per heavy atom. The molecule has 1 aliphatic rings. The Morgan fingerprint density at radius 2 is 2.04 bits per heavy atom. The molecule has 28 heavy (non-hydrogen) atoms. The van der Waals surface area contributed by atoms with Crippen molar-refractivity contribution in [2.45, 2.75) is 51.2 Å². The van der Waals surface area contributed by atoms with E-state index >= 15 is 0 Å². The summed E-state index contributed by atoms with van der Waals surface area (Å²) in [7, 11) is 3.96. The molecular weight excluding hydrogens is 352 g/mol. The van der Waals surface area contributed by atoms with Crippen LogP contribution in [-0.2, 0) is 9.47 Å². The summed E-state index contributed by atoms with van der Waals surface area (Å²) in [6.07, 6.45) is 4.84. The maximum absolute atomic E-state index is 10.8. The maximum Gasteiger partial charge on any atom is 0.102 e. The number of aromatic nitrogens is 1. The number of benzene rings is 1. The first-order valence-electron chi connectivity index (χ1n) is 10.0. The zero-order valence-corrected chi connectivity index (χ0v) is 17.4. The fraction of sp³-hybridized carbons (Fsp3) is 0.522. The Labute approximate surface area is 168 Å². The molecule has 5 heteroatoms. The van der Waals surface area contributed by atoms with Crippen molar-refractivity contribution in [1.29, 1.82) is 0 Å². The van der Waals surface area contributed by atoms with E-state index in [4.69, 9.17) is 9.47 Å². The van der Waals surface area contributed by atoms with Gasteiger partial charge in [0, 0.05) is 11.6 Å². The van der Waals surface area contributed by atoms with Gasteiger partial charge >= 0.3 is 0 Å². The zero-order valence-electron chi connectivity index (χ0n) is 17.4. The van der Waals surface area contributed by atoms with Gasteiger partial charge in [0.2, 0.25) is 0 Å². The second kappa shape index (κ2) is 9.14. The van der Waals surface area contributed by atoms with Crippen LogP contribution in [0, 0.1) is 5.92 Å². The molecule has 1 fully saturated rings. The van der Waals surface area contributed by atoms with Gasteiger partial charge in [0.25, 0.3) is 0 Å². The predicted molar refractivity (Wildman–Crippen MR) is 113 cm³/mol. The first-order valence-corrected chi connectivity index (χ1v) is 10.0. The highest BCUT2D eigenvalue weighted by Crippen LogP contribution is 2.29. The highest BCUT2D eigenvalue weighted by molar-refractivity contribution is 5.80. The largest absolute Gasteiger partial charge is 0.389 e. The molecule has 1 saturated heterocycles. The molecule has 1 N–H and O–H groups in total. The second-order valence-corrected chi connectivity index (χ2v) is 8.16. The SMILES string of the molecule is CC(C)[C@@H]1O[C@H](C)[C@@H](OC/C=C/c2cnc3ccccc3c2)[C@H](N(C)C)[C@H]1O. The van der Waals surface area contributed by atoms with Gasteiger partial charge in [-0.15, -0.1) is 0 Å². The van der Waals surface area contributed by atoms with E-state index in [1.165, 1.54) is 0 Å². The lowest BCUT2D eigenvalue weighted by molar-refractivity contribution is -0.217. The lowest BCUT2D eigenvalue weighted by atomic mass is 9.87. The van der Waals surface area contributed by atoms with Gasteiger partial charge in [0.15, 0.2) is 0 Å². The number of aliphatic hydroxyl groups is 1. The number of hydrogen-bond donors (Lipinski definition) is 1. The molecule has 0 spiro atoms. The molecule has 0 radical (unpaired) electrons. The van der Waals surface area contributed by atoms with E-state index in [2.05, 4.69) is 31.0 Å². The van der Waals surface area contributed by atoms with Gasteiger partial charge in [0.1, 0.15) is 6.10 Å². The molecule has 0 bridgehead atoms. The topological polar surface area (TPSA) is 54.8 Å². The molecule has 2 heterocycles. The van der Waals surface area contributed by atoms with Crippen LogP contribution in [0.4, 0.5) is 0 Å². The standard InChI is InChI=1S/C23H32N2O3/c1-15(2)22-21(26)20(25(4)5)23(16(3)28-22)27-12-8-9-17-13-18-10-6-7-11-19(18)24-14-17/h6-11,13-16,20-23,26H,12H2,1-5H3/b9-8+/t16-,20-,21-,22+,23-/m1/s1. The Hall–Kier alpha value is -1.79. The van der Waals surface area contributed by atoms with Crippen LogP contribution in [0.1, 0.15) is 26.3 Å². The third kappa shape index (κ3) is 4.61. The molecule has 152 valence electrons. The lowest BCUT2D eigenvalue weighted by Crippen LogP contribution is -2.63. The van der Waals surface area contributed by atoms with Crippen LogP contribution in [0.15, 0.2) is 42.6 Å².